The van der Waals surface area contributed by atoms with Crippen LogP contribution >= 0.6 is 0 Å². The number of hydrogen-bond acceptors (Lipinski definition) is 7. The third kappa shape index (κ3) is 6.67. The molecule has 1 saturated carbocycles. The van der Waals surface area contributed by atoms with Gasteiger partial charge in [-0.1, -0.05) is 32.4 Å². The highest BCUT2D eigenvalue weighted by Gasteiger charge is 2.29. The lowest BCUT2D eigenvalue weighted by molar-refractivity contribution is 0.286. The average molecular weight is 546 g/mol. The molecule has 3 fully saturated rings. The largest absolute Gasteiger partial charge is 0.389 e. The van der Waals surface area contributed by atoms with Crippen LogP contribution in [0.15, 0.2) is 37.3 Å². The Morgan fingerprint density at radius 2 is 1.85 bits per heavy atom. The third-order valence-corrected chi connectivity index (χ3v) is 8.51. The second-order valence-corrected chi connectivity index (χ2v) is 11.5. The van der Waals surface area contributed by atoms with Crippen molar-refractivity contribution in [2.45, 2.75) is 97.1 Å². The normalized spacial score (nSPS) is 19.1. The molecular weight excluding hydrogens is 498 g/mol. The van der Waals surface area contributed by atoms with E-state index >= 15 is 0 Å². The van der Waals surface area contributed by atoms with Crippen LogP contribution in [0.2, 0.25) is 0 Å². The maximum atomic E-state index is 5.00. The van der Waals surface area contributed by atoms with Crippen molar-refractivity contribution in [1.29, 1.82) is 0 Å². The van der Waals surface area contributed by atoms with Gasteiger partial charge in [0.15, 0.2) is 5.82 Å². The number of imidazole rings is 1. The second-order valence-electron chi connectivity index (χ2n) is 11.5. The van der Waals surface area contributed by atoms with Gasteiger partial charge in [-0.15, -0.1) is 0 Å². The smallest absolute Gasteiger partial charge is 0.252 e. The zero-order chi connectivity index (χ0) is 27.9. The Bertz CT molecular complexity index is 1270. The van der Waals surface area contributed by atoms with Crippen molar-refractivity contribution in [3.8, 4) is 0 Å². The van der Waals surface area contributed by atoms with Crippen LogP contribution in [0.3, 0.4) is 0 Å². The summed E-state index contributed by atoms with van der Waals surface area (Å²) in [5, 5.41) is 16.2. The fourth-order valence-corrected chi connectivity index (χ4v) is 6.29. The molecule has 0 amide bonds. The van der Waals surface area contributed by atoms with Crippen molar-refractivity contribution in [1.82, 2.24) is 40.0 Å². The maximum Gasteiger partial charge on any atom is 0.252 e. The van der Waals surface area contributed by atoms with Gasteiger partial charge < -0.3 is 15.5 Å². The van der Waals surface area contributed by atoms with Gasteiger partial charge in [-0.05, 0) is 77.2 Å². The minimum Gasteiger partial charge on any atom is -0.389 e. The summed E-state index contributed by atoms with van der Waals surface area (Å²) in [7, 11) is 0. The zero-order valence-corrected chi connectivity index (χ0v) is 24.5. The molecule has 0 aromatic carbocycles. The van der Waals surface area contributed by atoms with E-state index in [4.69, 9.17) is 15.1 Å². The van der Waals surface area contributed by atoms with Gasteiger partial charge in [-0.25, -0.2) is 9.50 Å². The number of anilines is 1. The highest BCUT2D eigenvalue weighted by atomic mass is 15.3. The molecule has 2 aliphatic heterocycles. The first-order chi connectivity index (χ1) is 19.5. The summed E-state index contributed by atoms with van der Waals surface area (Å²) < 4.78 is 3.84. The minimum absolute atomic E-state index is 0.0836. The molecule has 0 spiro atoms. The molecule has 3 aromatic rings. The number of hydrogen-bond donors (Lipinski definition) is 2. The number of nitrogens with one attached hydrogen (secondary N) is 2. The SMILES string of the molecule is C=C(NC(c1cn2nc(C)c(N3CCCCC3)nc2n1)C1CCCCC1)c1ccnn1CC.C=C1CCCCN1. The molecular formula is C31H47N9. The zero-order valence-electron chi connectivity index (χ0n) is 24.5. The number of fused-ring (bicyclic) bond motifs is 1. The van der Waals surface area contributed by atoms with E-state index in [0.717, 1.165) is 54.8 Å². The Morgan fingerprint density at radius 1 is 1.07 bits per heavy atom. The van der Waals surface area contributed by atoms with Crippen LogP contribution < -0.4 is 15.5 Å². The van der Waals surface area contributed by atoms with Crippen LogP contribution in [0.4, 0.5) is 5.82 Å². The Balaban J connectivity index is 0.000000403. The molecule has 2 N–H and O–H groups in total. The minimum atomic E-state index is 0.0836. The van der Waals surface area contributed by atoms with Crippen molar-refractivity contribution in [2.75, 3.05) is 24.5 Å². The fourth-order valence-electron chi connectivity index (χ4n) is 6.29. The van der Waals surface area contributed by atoms with Gasteiger partial charge in [0.05, 0.1) is 29.3 Å². The molecule has 0 radical (unpaired) electrons. The second kappa shape index (κ2) is 13.3. The van der Waals surface area contributed by atoms with E-state index in [1.807, 2.05) is 21.5 Å². The van der Waals surface area contributed by atoms with Crippen molar-refractivity contribution < 1.29 is 0 Å². The van der Waals surface area contributed by atoms with Gasteiger partial charge in [0.25, 0.3) is 5.78 Å². The van der Waals surface area contributed by atoms with Crippen LogP contribution in [-0.2, 0) is 6.54 Å². The van der Waals surface area contributed by atoms with Crippen LogP contribution in [0.1, 0.15) is 101 Å². The van der Waals surface area contributed by atoms with Gasteiger partial charge in [0.1, 0.15) is 5.69 Å². The van der Waals surface area contributed by atoms with E-state index in [-0.39, 0.29) is 6.04 Å². The molecule has 0 bridgehead atoms. The van der Waals surface area contributed by atoms with E-state index in [1.54, 1.807) is 0 Å². The van der Waals surface area contributed by atoms with E-state index < -0.39 is 0 Å². The predicted molar refractivity (Wildman–Crippen MR) is 162 cm³/mol. The molecule has 216 valence electrons. The number of aromatic nitrogens is 6. The fraction of sp³-hybridized carbons (Fsp3) is 0.613. The topological polar surface area (TPSA) is 88.2 Å². The third-order valence-electron chi connectivity index (χ3n) is 8.51. The van der Waals surface area contributed by atoms with Crippen molar-refractivity contribution in [2.24, 2.45) is 5.92 Å². The molecule has 5 heterocycles. The predicted octanol–water partition coefficient (Wildman–Crippen LogP) is 5.79. The number of aryl methyl sites for hydroxylation is 2. The van der Waals surface area contributed by atoms with E-state index in [9.17, 15) is 0 Å². The first-order valence-corrected chi connectivity index (χ1v) is 15.4. The quantitative estimate of drug-likeness (QED) is 0.388. The first-order valence-electron chi connectivity index (χ1n) is 15.4. The molecule has 40 heavy (non-hydrogen) atoms. The van der Waals surface area contributed by atoms with Crippen LogP contribution in [0.25, 0.3) is 11.5 Å². The summed E-state index contributed by atoms with van der Waals surface area (Å²) in [6, 6.07) is 2.11. The van der Waals surface area contributed by atoms with Crippen molar-refractivity contribution in [3.05, 3.63) is 54.4 Å². The van der Waals surface area contributed by atoms with Gasteiger partial charge >= 0.3 is 0 Å². The molecule has 1 atom stereocenters. The molecule has 9 heteroatoms. The van der Waals surface area contributed by atoms with Crippen LogP contribution in [0, 0.1) is 12.8 Å². The van der Waals surface area contributed by atoms with Crippen LogP contribution in [0.5, 0.6) is 0 Å². The number of nitrogens with zero attached hydrogens (tertiary/aromatic N) is 7. The van der Waals surface area contributed by atoms with Crippen LogP contribution in [-0.4, -0.2) is 49.0 Å². The number of piperidine rings is 2. The van der Waals surface area contributed by atoms with Gasteiger partial charge in [0, 0.05) is 38.1 Å². The Labute approximate surface area is 239 Å². The van der Waals surface area contributed by atoms with Gasteiger partial charge in [0.2, 0.25) is 0 Å². The summed E-state index contributed by atoms with van der Waals surface area (Å²) in [5.41, 5.74) is 5.11. The summed E-state index contributed by atoms with van der Waals surface area (Å²) in [6.07, 6.45) is 17.7. The summed E-state index contributed by atoms with van der Waals surface area (Å²) in [4.78, 5) is 12.3. The maximum absolute atomic E-state index is 5.00. The highest BCUT2D eigenvalue weighted by molar-refractivity contribution is 5.59. The van der Waals surface area contributed by atoms with E-state index in [1.165, 1.54) is 76.3 Å². The lowest BCUT2D eigenvalue weighted by Gasteiger charge is -2.31. The number of rotatable bonds is 7. The Hall–Kier alpha value is -3.36. The highest BCUT2D eigenvalue weighted by Crippen LogP contribution is 2.35. The Morgan fingerprint density at radius 3 is 2.52 bits per heavy atom. The van der Waals surface area contributed by atoms with Gasteiger partial charge in [-0.2, -0.15) is 15.2 Å². The summed E-state index contributed by atoms with van der Waals surface area (Å²) >= 11 is 0. The van der Waals surface area contributed by atoms with E-state index in [2.05, 4.69) is 53.8 Å². The first kappa shape index (κ1) is 28.2. The average Bonchev–Trinajstić information content (AvgIpc) is 3.64. The lowest BCUT2D eigenvalue weighted by Crippen LogP contribution is -2.31. The summed E-state index contributed by atoms with van der Waals surface area (Å²) in [6.45, 7) is 16.4. The lowest BCUT2D eigenvalue weighted by atomic mass is 9.82. The summed E-state index contributed by atoms with van der Waals surface area (Å²) in [5.74, 6) is 2.18. The molecule has 3 aromatic heterocycles. The standard InChI is InChI=1S/C25H36N8.C6H11N/c1-4-32-22(13-14-26-32)18(2)27-23(20-11-7-5-8-12-20)21-17-33-25(28-21)29-24(19(3)30-33)31-15-9-6-10-16-31;1-6-4-2-3-5-7-6/h13-14,17,20,23,27H,2,4-12,15-16H2,1,3H3;7H,1-5H2. The van der Waals surface area contributed by atoms with E-state index in [0.29, 0.717) is 11.7 Å². The number of allylic oxidation sites excluding steroid dienone is 1. The molecule has 6 rings (SSSR count). The Kier molecular flexibility index (Phi) is 9.39. The molecule has 3 aliphatic rings. The molecule has 2 saturated heterocycles. The van der Waals surface area contributed by atoms with Gasteiger partial charge in [-0.3, -0.25) is 4.68 Å². The molecule has 1 aliphatic carbocycles. The molecule has 1 unspecified atom stereocenters. The van der Waals surface area contributed by atoms with Crippen molar-refractivity contribution >= 4 is 17.3 Å². The monoisotopic (exact) mass is 545 g/mol. The van der Waals surface area contributed by atoms with Crippen molar-refractivity contribution in [3.63, 3.8) is 0 Å². The molecule has 9 nitrogen and oxygen atoms in total.